The molecule has 2 aromatic carbocycles. The topological polar surface area (TPSA) is 91.8 Å². The predicted octanol–water partition coefficient (Wildman–Crippen LogP) is 3.70. The number of benzene rings is 2. The third-order valence-corrected chi connectivity index (χ3v) is 4.91. The number of nitrogens with one attached hydrogen (secondary N) is 2. The van der Waals surface area contributed by atoms with Gasteiger partial charge in [-0.1, -0.05) is 12.1 Å². The zero-order valence-corrected chi connectivity index (χ0v) is 18.2. The average molecular weight is 422 g/mol. The lowest BCUT2D eigenvalue weighted by atomic mass is 10.1. The standard InChI is InChI=1S/C23H27N5O3/c1-5-28(6-2)17-9-7-16(8-10-17)15-24-27-23(29)21-14-20(25-26-21)19-12-11-18(30-3)13-22(19)31-4/h7-15H,5-6H2,1-4H3,(H,25,26)(H,27,29)/b24-15-. The minimum atomic E-state index is -0.387. The third kappa shape index (κ3) is 5.22. The van der Waals surface area contributed by atoms with E-state index in [-0.39, 0.29) is 5.91 Å². The zero-order valence-electron chi connectivity index (χ0n) is 18.2. The first-order valence-corrected chi connectivity index (χ1v) is 10.1. The Morgan fingerprint density at radius 3 is 2.48 bits per heavy atom. The Balaban J connectivity index is 1.65. The monoisotopic (exact) mass is 421 g/mol. The summed E-state index contributed by atoms with van der Waals surface area (Å²) >= 11 is 0. The van der Waals surface area contributed by atoms with Crippen LogP contribution in [0.2, 0.25) is 0 Å². The number of aromatic amines is 1. The summed E-state index contributed by atoms with van der Waals surface area (Å²) in [6.45, 7) is 6.16. The maximum Gasteiger partial charge on any atom is 0.289 e. The summed E-state index contributed by atoms with van der Waals surface area (Å²) in [7, 11) is 3.16. The fraction of sp³-hybridized carbons (Fsp3) is 0.261. The van der Waals surface area contributed by atoms with Crippen molar-refractivity contribution in [2.24, 2.45) is 5.10 Å². The van der Waals surface area contributed by atoms with Crippen molar-refractivity contribution in [2.45, 2.75) is 13.8 Å². The molecule has 3 rings (SSSR count). The van der Waals surface area contributed by atoms with E-state index in [4.69, 9.17) is 9.47 Å². The first kappa shape index (κ1) is 21.9. The summed E-state index contributed by atoms with van der Waals surface area (Å²) < 4.78 is 10.6. The van der Waals surface area contributed by atoms with Gasteiger partial charge in [-0.25, -0.2) is 5.43 Å². The maximum atomic E-state index is 12.4. The van der Waals surface area contributed by atoms with Gasteiger partial charge in [0.2, 0.25) is 0 Å². The lowest BCUT2D eigenvalue weighted by Gasteiger charge is -2.20. The number of carbonyl (C=O) groups excluding carboxylic acids is 1. The molecule has 3 aromatic rings. The molecule has 31 heavy (non-hydrogen) atoms. The van der Waals surface area contributed by atoms with Gasteiger partial charge in [0.1, 0.15) is 17.2 Å². The quantitative estimate of drug-likeness (QED) is 0.406. The summed E-state index contributed by atoms with van der Waals surface area (Å²) in [5.41, 5.74) is 6.19. The van der Waals surface area contributed by atoms with E-state index in [2.05, 4.69) is 39.5 Å². The van der Waals surface area contributed by atoms with Crippen LogP contribution in [0.15, 0.2) is 53.6 Å². The van der Waals surface area contributed by atoms with Gasteiger partial charge in [0.15, 0.2) is 0 Å². The van der Waals surface area contributed by atoms with Crippen molar-refractivity contribution < 1.29 is 14.3 Å². The summed E-state index contributed by atoms with van der Waals surface area (Å²) in [5, 5.41) is 11.0. The average Bonchev–Trinajstić information content (AvgIpc) is 3.30. The van der Waals surface area contributed by atoms with E-state index in [0.717, 1.165) is 29.9 Å². The van der Waals surface area contributed by atoms with Gasteiger partial charge in [0.25, 0.3) is 5.91 Å². The Hall–Kier alpha value is -3.81. The van der Waals surface area contributed by atoms with Crippen LogP contribution in [0.3, 0.4) is 0 Å². The fourth-order valence-electron chi connectivity index (χ4n) is 3.17. The van der Waals surface area contributed by atoms with Gasteiger partial charge in [0, 0.05) is 30.4 Å². The Labute approximate surface area is 181 Å². The van der Waals surface area contributed by atoms with E-state index < -0.39 is 0 Å². The van der Waals surface area contributed by atoms with Gasteiger partial charge in [-0.3, -0.25) is 9.89 Å². The molecule has 1 heterocycles. The maximum absolute atomic E-state index is 12.4. The molecule has 0 fully saturated rings. The van der Waals surface area contributed by atoms with Crippen molar-refractivity contribution in [3.05, 3.63) is 59.8 Å². The van der Waals surface area contributed by atoms with E-state index in [9.17, 15) is 4.79 Å². The van der Waals surface area contributed by atoms with Crippen molar-refractivity contribution in [3.8, 4) is 22.8 Å². The number of methoxy groups -OCH3 is 2. The second kappa shape index (κ2) is 10.3. The fourth-order valence-corrected chi connectivity index (χ4v) is 3.17. The predicted molar refractivity (Wildman–Crippen MR) is 122 cm³/mol. The summed E-state index contributed by atoms with van der Waals surface area (Å²) in [6.07, 6.45) is 1.60. The van der Waals surface area contributed by atoms with Gasteiger partial charge >= 0.3 is 0 Å². The minimum Gasteiger partial charge on any atom is -0.497 e. The number of amides is 1. The highest BCUT2D eigenvalue weighted by Crippen LogP contribution is 2.32. The molecule has 8 heteroatoms. The Bertz CT molecular complexity index is 1040. The molecule has 2 N–H and O–H groups in total. The number of rotatable bonds is 9. The van der Waals surface area contributed by atoms with Crippen LogP contribution in [0.1, 0.15) is 29.9 Å². The SMILES string of the molecule is CCN(CC)c1ccc(/C=N\NC(=O)c2cc(-c3ccc(OC)cc3OC)n[nH]2)cc1. The summed E-state index contributed by atoms with van der Waals surface area (Å²) in [4.78, 5) is 14.7. The molecule has 0 aliphatic rings. The minimum absolute atomic E-state index is 0.293. The first-order chi connectivity index (χ1) is 15.1. The molecule has 8 nitrogen and oxygen atoms in total. The van der Waals surface area contributed by atoms with Crippen LogP contribution in [0.5, 0.6) is 11.5 Å². The third-order valence-electron chi connectivity index (χ3n) is 4.91. The Morgan fingerprint density at radius 1 is 1.10 bits per heavy atom. The van der Waals surface area contributed by atoms with E-state index in [1.807, 2.05) is 36.4 Å². The van der Waals surface area contributed by atoms with Crippen molar-refractivity contribution >= 4 is 17.8 Å². The van der Waals surface area contributed by atoms with Gasteiger partial charge in [0.05, 0.1) is 26.1 Å². The number of anilines is 1. The van der Waals surface area contributed by atoms with Gasteiger partial charge in [-0.15, -0.1) is 0 Å². The molecule has 0 spiro atoms. The molecule has 0 aliphatic carbocycles. The summed E-state index contributed by atoms with van der Waals surface area (Å²) in [6, 6.07) is 15.1. The van der Waals surface area contributed by atoms with Crippen molar-refractivity contribution in [3.63, 3.8) is 0 Å². The molecule has 162 valence electrons. The highest BCUT2D eigenvalue weighted by atomic mass is 16.5. The Morgan fingerprint density at radius 2 is 1.84 bits per heavy atom. The van der Waals surface area contributed by atoms with Crippen LogP contribution in [0, 0.1) is 0 Å². The molecule has 0 radical (unpaired) electrons. The molecule has 0 saturated carbocycles. The zero-order chi connectivity index (χ0) is 22.2. The number of aromatic nitrogens is 2. The molecule has 0 atom stereocenters. The number of nitrogens with zero attached hydrogens (tertiary/aromatic N) is 3. The normalized spacial score (nSPS) is 10.8. The van der Waals surface area contributed by atoms with Crippen molar-refractivity contribution in [1.29, 1.82) is 0 Å². The largest absolute Gasteiger partial charge is 0.497 e. The van der Waals surface area contributed by atoms with E-state index in [1.54, 1.807) is 32.6 Å². The molecule has 0 aliphatic heterocycles. The molecule has 0 unspecified atom stereocenters. The smallest absolute Gasteiger partial charge is 0.289 e. The second-order valence-corrected chi connectivity index (χ2v) is 6.70. The van der Waals surface area contributed by atoms with Crippen LogP contribution in [0.25, 0.3) is 11.3 Å². The molecule has 1 aromatic heterocycles. The Kier molecular flexibility index (Phi) is 7.26. The van der Waals surface area contributed by atoms with Crippen LogP contribution in [-0.2, 0) is 0 Å². The van der Waals surface area contributed by atoms with Gasteiger partial charge in [-0.2, -0.15) is 10.2 Å². The number of hydrogen-bond donors (Lipinski definition) is 2. The van der Waals surface area contributed by atoms with Gasteiger partial charge < -0.3 is 14.4 Å². The van der Waals surface area contributed by atoms with Crippen LogP contribution in [0.4, 0.5) is 5.69 Å². The van der Waals surface area contributed by atoms with Crippen LogP contribution < -0.4 is 19.8 Å². The molecular formula is C23H27N5O3. The van der Waals surface area contributed by atoms with Crippen molar-refractivity contribution in [2.75, 3.05) is 32.2 Å². The lowest BCUT2D eigenvalue weighted by Crippen LogP contribution is -2.21. The highest BCUT2D eigenvalue weighted by molar-refractivity contribution is 5.94. The van der Waals surface area contributed by atoms with Crippen LogP contribution in [-0.4, -0.2) is 49.6 Å². The molecule has 0 saturated heterocycles. The molecule has 1 amide bonds. The molecule has 0 bridgehead atoms. The number of hydrogen-bond acceptors (Lipinski definition) is 6. The number of H-pyrrole nitrogens is 1. The van der Waals surface area contributed by atoms with E-state index in [1.165, 1.54) is 0 Å². The van der Waals surface area contributed by atoms with Gasteiger partial charge in [-0.05, 0) is 49.7 Å². The number of carbonyl (C=O) groups is 1. The summed E-state index contributed by atoms with van der Waals surface area (Å²) in [5.74, 6) is 0.889. The molecular weight excluding hydrogens is 394 g/mol. The number of ether oxygens (including phenoxy) is 2. The second-order valence-electron chi connectivity index (χ2n) is 6.70. The van der Waals surface area contributed by atoms with Crippen LogP contribution >= 0.6 is 0 Å². The highest BCUT2D eigenvalue weighted by Gasteiger charge is 2.14. The van der Waals surface area contributed by atoms with Crippen molar-refractivity contribution in [1.82, 2.24) is 15.6 Å². The first-order valence-electron chi connectivity index (χ1n) is 10.1. The van der Waals surface area contributed by atoms with E-state index >= 15 is 0 Å². The number of hydrazone groups is 1. The lowest BCUT2D eigenvalue weighted by molar-refractivity contribution is 0.0950. The van der Waals surface area contributed by atoms with E-state index in [0.29, 0.717) is 22.9 Å².